The molecule has 0 aliphatic rings. The van der Waals surface area contributed by atoms with Crippen molar-refractivity contribution in [1.29, 1.82) is 0 Å². The molecule has 0 radical (unpaired) electrons. The molecule has 1 atom stereocenters. The molecule has 1 unspecified atom stereocenters. The first-order valence-corrected chi connectivity index (χ1v) is 7.94. The minimum atomic E-state index is 0.253. The summed E-state index contributed by atoms with van der Waals surface area (Å²) in [5.41, 5.74) is 7.29. The Morgan fingerprint density at radius 1 is 1.05 bits per heavy atom. The molecular formula is C17H30N2O. The molecule has 1 aromatic carbocycles. The number of ether oxygens (including phenoxy) is 1. The summed E-state index contributed by atoms with van der Waals surface area (Å²) >= 11 is 0. The molecule has 3 nitrogen and oxygen atoms in total. The van der Waals surface area contributed by atoms with E-state index in [1.165, 1.54) is 5.56 Å². The second kappa shape index (κ2) is 9.78. The summed E-state index contributed by atoms with van der Waals surface area (Å²) < 4.78 is 5.89. The minimum Gasteiger partial charge on any atom is -0.493 e. The van der Waals surface area contributed by atoms with E-state index < -0.39 is 0 Å². The summed E-state index contributed by atoms with van der Waals surface area (Å²) in [6, 6.07) is 8.58. The summed E-state index contributed by atoms with van der Waals surface area (Å²) in [5, 5.41) is 0. The summed E-state index contributed by atoms with van der Waals surface area (Å²) in [6.45, 7) is 10.1. The average Bonchev–Trinajstić information content (AvgIpc) is 2.47. The van der Waals surface area contributed by atoms with E-state index >= 15 is 0 Å². The van der Waals surface area contributed by atoms with Crippen molar-refractivity contribution >= 4 is 0 Å². The van der Waals surface area contributed by atoms with E-state index in [9.17, 15) is 0 Å². The van der Waals surface area contributed by atoms with Crippen molar-refractivity contribution in [3.05, 3.63) is 29.8 Å². The van der Waals surface area contributed by atoms with E-state index in [2.05, 4.69) is 43.9 Å². The number of nitrogens with zero attached hydrogens (tertiary/aromatic N) is 1. The molecule has 0 heterocycles. The first kappa shape index (κ1) is 17.0. The summed E-state index contributed by atoms with van der Waals surface area (Å²) in [4.78, 5) is 2.48. The fourth-order valence-electron chi connectivity index (χ4n) is 2.57. The molecule has 114 valence electrons. The van der Waals surface area contributed by atoms with Gasteiger partial charge in [-0.05, 0) is 38.4 Å². The lowest BCUT2D eigenvalue weighted by molar-refractivity contribution is 0.196. The fourth-order valence-corrected chi connectivity index (χ4v) is 2.57. The Balaban J connectivity index is 2.96. The zero-order valence-corrected chi connectivity index (χ0v) is 13.3. The van der Waals surface area contributed by atoms with Crippen molar-refractivity contribution in [2.75, 3.05) is 26.2 Å². The minimum absolute atomic E-state index is 0.253. The second-order valence-electron chi connectivity index (χ2n) is 5.17. The van der Waals surface area contributed by atoms with Crippen LogP contribution in [-0.4, -0.2) is 31.1 Å². The highest BCUT2D eigenvalue weighted by Crippen LogP contribution is 2.29. The van der Waals surface area contributed by atoms with E-state index in [0.29, 0.717) is 6.54 Å². The van der Waals surface area contributed by atoms with Gasteiger partial charge in [0.15, 0.2) is 0 Å². The monoisotopic (exact) mass is 278 g/mol. The average molecular weight is 278 g/mol. The van der Waals surface area contributed by atoms with Gasteiger partial charge in [-0.2, -0.15) is 0 Å². The third-order valence-electron chi connectivity index (χ3n) is 3.43. The van der Waals surface area contributed by atoms with Gasteiger partial charge < -0.3 is 10.5 Å². The van der Waals surface area contributed by atoms with Gasteiger partial charge in [0, 0.05) is 12.1 Å². The molecule has 0 spiro atoms. The van der Waals surface area contributed by atoms with Crippen LogP contribution in [-0.2, 0) is 0 Å². The Hall–Kier alpha value is -1.06. The zero-order chi connectivity index (χ0) is 14.8. The number of para-hydroxylation sites is 1. The molecule has 1 aromatic rings. The molecule has 0 amide bonds. The van der Waals surface area contributed by atoms with Crippen LogP contribution in [0.25, 0.3) is 0 Å². The lowest BCUT2D eigenvalue weighted by Crippen LogP contribution is -2.35. The van der Waals surface area contributed by atoms with Crippen LogP contribution in [0.5, 0.6) is 5.75 Å². The van der Waals surface area contributed by atoms with E-state index in [1.54, 1.807) is 0 Å². The number of nitrogens with two attached hydrogens (primary N) is 1. The highest BCUT2D eigenvalue weighted by molar-refractivity contribution is 5.36. The molecule has 1 rings (SSSR count). The predicted octanol–water partition coefficient (Wildman–Crippen LogP) is 3.60. The van der Waals surface area contributed by atoms with E-state index in [4.69, 9.17) is 10.5 Å². The molecule has 2 N–H and O–H groups in total. The number of rotatable bonds is 10. The van der Waals surface area contributed by atoms with Crippen LogP contribution in [0.1, 0.15) is 51.6 Å². The van der Waals surface area contributed by atoms with Gasteiger partial charge in [0.1, 0.15) is 5.75 Å². The Morgan fingerprint density at radius 3 is 2.25 bits per heavy atom. The van der Waals surface area contributed by atoms with Crippen molar-refractivity contribution < 1.29 is 4.74 Å². The number of hydrogen-bond acceptors (Lipinski definition) is 3. The number of benzene rings is 1. The molecule has 3 heteroatoms. The van der Waals surface area contributed by atoms with Crippen LogP contribution in [0.3, 0.4) is 0 Å². The SMILES string of the molecule is CCCOc1ccccc1C(CN)N(CCC)CCC. The first-order chi connectivity index (χ1) is 9.78. The third-order valence-corrected chi connectivity index (χ3v) is 3.43. The first-order valence-electron chi connectivity index (χ1n) is 7.94. The molecule has 0 bridgehead atoms. The summed E-state index contributed by atoms with van der Waals surface area (Å²) in [6.07, 6.45) is 3.32. The zero-order valence-electron chi connectivity index (χ0n) is 13.3. The van der Waals surface area contributed by atoms with E-state index in [0.717, 1.165) is 44.7 Å². The van der Waals surface area contributed by atoms with Gasteiger partial charge in [-0.3, -0.25) is 4.90 Å². The standard InChI is InChI=1S/C17H30N2O/c1-4-11-19(12-5-2)16(14-18)15-9-7-8-10-17(15)20-13-6-3/h7-10,16H,4-6,11-14,18H2,1-3H3. The Bertz CT molecular complexity index is 362. The molecule has 0 aromatic heterocycles. The van der Waals surface area contributed by atoms with Gasteiger partial charge in [-0.1, -0.05) is 39.0 Å². The maximum absolute atomic E-state index is 6.07. The van der Waals surface area contributed by atoms with Gasteiger partial charge in [0.25, 0.3) is 0 Å². The molecule has 0 aliphatic heterocycles. The van der Waals surface area contributed by atoms with Crippen molar-refractivity contribution in [2.24, 2.45) is 5.73 Å². The maximum Gasteiger partial charge on any atom is 0.124 e. The second-order valence-corrected chi connectivity index (χ2v) is 5.17. The lowest BCUT2D eigenvalue weighted by atomic mass is 10.0. The van der Waals surface area contributed by atoms with Gasteiger partial charge in [0.2, 0.25) is 0 Å². The van der Waals surface area contributed by atoms with Crippen molar-refractivity contribution in [1.82, 2.24) is 4.90 Å². The van der Waals surface area contributed by atoms with Gasteiger partial charge in [0.05, 0.1) is 12.6 Å². The van der Waals surface area contributed by atoms with Crippen LogP contribution in [0.4, 0.5) is 0 Å². The quantitative estimate of drug-likeness (QED) is 0.710. The maximum atomic E-state index is 6.07. The van der Waals surface area contributed by atoms with Crippen LogP contribution in [0.2, 0.25) is 0 Å². The molecule has 0 saturated carbocycles. The topological polar surface area (TPSA) is 38.5 Å². The van der Waals surface area contributed by atoms with Crippen molar-refractivity contribution in [3.8, 4) is 5.75 Å². The van der Waals surface area contributed by atoms with Crippen LogP contribution < -0.4 is 10.5 Å². The molecule has 0 fully saturated rings. The fraction of sp³-hybridized carbons (Fsp3) is 0.647. The van der Waals surface area contributed by atoms with Crippen LogP contribution >= 0.6 is 0 Å². The number of hydrogen-bond donors (Lipinski definition) is 1. The van der Waals surface area contributed by atoms with E-state index in [-0.39, 0.29) is 6.04 Å². The predicted molar refractivity (Wildman–Crippen MR) is 86.2 cm³/mol. The lowest BCUT2D eigenvalue weighted by Gasteiger charge is -2.31. The Labute approximate surface area is 124 Å². The Morgan fingerprint density at radius 2 is 1.70 bits per heavy atom. The highest BCUT2D eigenvalue weighted by atomic mass is 16.5. The van der Waals surface area contributed by atoms with Gasteiger partial charge >= 0.3 is 0 Å². The van der Waals surface area contributed by atoms with Crippen molar-refractivity contribution in [2.45, 2.75) is 46.1 Å². The molecule has 20 heavy (non-hydrogen) atoms. The van der Waals surface area contributed by atoms with Crippen LogP contribution in [0.15, 0.2) is 24.3 Å². The molecule has 0 aliphatic carbocycles. The largest absolute Gasteiger partial charge is 0.493 e. The smallest absolute Gasteiger partial charge is 0.124 e. The van der Waals surface area contributed by atoms with Gasteiger partial charge in [-0.25, -0.2) is 0 Å². The Kier molecular flexibility index (Phi) is 8.31. The summed E-state index contributed by atoms with van der Waals surface area (Å²) in [5.74, 6) is 0.988. The van der Waals surface area contributed by atoms with Crippen LogP contribution in [0, 0.1) is 0 Å². The summed E-state index contributed by atoms with van der Waals surface area (Å²) in [7, 11) is 0. The normalized spacial score (nSPS) is 12.7. The van der Waals surface area contributed by atoms with Gasteiger partial charge in [-0.15, -0.1) is 0 Å². The molecular weight excluding hydrogens is 248 g/mol. The molecule has 0 saturated heterocycles. The third kappa shape index (κ3) is 4.80. The van der Waals surface area contributed by atoms with Crippen molar-refractivity contribution in [3.63, 3.8) is 0 Å². The highest BCUT2D eigenvalue weighted by Gasteiger charge is 2.20. The van der Waals surface area contributed by atoms with E-state index in [1.807, 2.05) is 6.07 Å².